The molecule has 4 nitrogen and oxygen atoms in total. The van der Waals surface area contributed by atoms with Crippen LogP contribution in [0.15, 0.2) is 36.5 Å². The van der Waals surface area contributed by atoms with E-state index in [0.29, 0.717) is 23.1 Å². The van der Waals surface area contributed by atoms with Gasteiger partial charge in [-0.2, -0.15) is 0 Å². The van der Waals surface area contributed by atoms with Crippen molar-refractivity contribution < 1.29 is 4.79 Å². The number of rotatable bonds is 5. The molecule has 2 aromatic rings. The molecule has 1 amide bonds. The molecule has 1 N–H and O–H groups in total. The van der Waals surface area contributed by atoms with Crippen LogP contribution in [0.2, 0.25) is 10.0 Å². The van der Waals surface area contributed by atoms with Crippen molar-refractivity contribution in [2.75, 3.05) is 19.6 Å². The van der Waals surface area contributed by atoms with Gasteiger partial charge in [-0.05, 0) is 36.2 Å². The van der Waals surface area contributed by atoms with Gasteiger partial charge < -0.3 is 9.88 Å². The van der Waals surface area contributed by atoms with E-state index >= 15 is 0 Å². The van der Waals surface area contributed by atoms with E-state index in [1.807, 2.05) is 31.2 Å². The van der Waals surface area contributed by atoms with Crippen LogP contribution in [0.4, 0.5) is 0 Å². The number of halogens is 2. The lowest BCUT2D eigenvalue weighted by atomic mass is 10.00. The number of benzene rings is 1. The first kappa shape index (κ1) is 17.3. The average Bonchev–Trinajstić information content (AvgIpc) is 3.04. The molecule has 1 aliphatic heterocycles. The predicted molar refractivity (Wildman–Crippen MR) is 97.6 cm³/mol. The summed E-state index contributed by atoms with van der Waals surface area (Å²) in [5, 5.41) is 4.03. The third kappa shape index (κ3) is 3.61. The molecule has 1 aromatic carbocycles. The number of amides is 1. The van der Waals surface area contributed by atoms with Crippen molar-refractivity contribution in [3.63, 3.8) is 0 Å². The molecule has 0 bridgehead atoms. The Morgan fingerprint density at radius 1 is 1.25 bits per heavy atom. The predicted octanol–water partition coefficient (Wildman–Crippen LogP) is 3.73. The second-order valence-electron chi connectivity index (χ2n) is 6.02. The van der Waals surface area contributed by atoms with Crippen molar-refractivity contribution in [1.29, 1.82) is 0 Å². The van der Waals surface area contributed by atoms with E-state index in [4.69, 9.17) is 23.2 Å². The molecule has 1 unspecified atom stereocenters. The lowest BCUT2D eigenvalue weighted by Crippen LogP contribution is -2.44. The van der Waals surface area contributed by atoms with Gasteiger partial charge in [0, 0.05) is 31.5 Å². The summed E-state index contributed by atoms with van der Waals surface area (Å²) < 4.78 is 2.23. The Balaban J connectivity index is 1.90. The second-order valence-corrected chi connectivity index (χ2v) is 6.84. The van der Waals surface area contributed by atoms with Gasteiger partial charge in [0.2, 0.25) is 5.91 Å². The zero-order valence-electron chi connectivity index (χ0n) is 13.6. The van der Waals surface area contributed by atoms with Crippen LogP contribution in [0, 0.1) is 0 Å². The summed E-state index contributed by atoms with van der Waals surface area (Å²) in [7, 11) is 0. The van der Waals surface area contributed by atoms with Gasteiger partial charge in [0.05, 0.1) is 22.6 Å². The number of nitrogens with zero attached hydrogens (tertiary/aromatic N) is 2. The molecule has 3 rings (SSSR count). The summed E-state index contributed by atoms with van der Waals surface area (Å²) in [5.74, 6) is 0.0573. The summed E-state index contributed by atoms with van der Waals surface area (Å²) in [6.45, 7) is 4.82. The van der Waals surface area contributed by atoms with Crippen LogP contribution in [-0.2, 0) is 11.3 Å². The molecule has 0 aliphatic carbocycles. The minimum atomic E-state index is -0.00380. The van der Waals surface area contributed by atoms with Crippen molar-refractivity contribution in [3.05, 3.63) is 57.8 Å². The molecule has 2 heterocycles. The molecular formula is C18H21Cl2N3O. The van der Waals surface area contributed by atoms with E-state index in [9.17, 15) is 4.79 Å². The third-order valence-corrected chi connectivity index (χ3v) is 5.06. The minimum absolute atomic E-state index is 0.00380. The number of hydrogen-bond donors (Lipinski definition) is 1. The normalized spacial score (nSPS) is 17.5. The fourth-order valence-electron chi connectivity index (χ4n) is 3.17. The van der Waals surface area contributed by atoms with Crippen molar-refractivity contribution in [2.45, 2.75) is 25.9 Å². The van der Waals surface area contributed by atoms with E-state index in [1.165, 1.54) is 5.69 Å². The van der Waals surface area contributed by atoms with Gasteiger partial charge in [-0.1, -0.05) is 36.2 Å². The molecule has 1 atom stereocenters. The number of hydrogen-bond acceptors (Lipinski definition) is 2. The van der Waals surface area contributed by atoms with Gasteiger partial charge in [-0.25, -0.2) is 0 Å². The lowest BCUT2D eigenvalue weighted by molar-refractivity contribution is -0.122. The highest BCUT2D eigenvalue weighted by molar-refractivity contribution is 6.42. The number of carbonyl (C=O) groups is 1. The van der Waals surface area contributed by atoms with Crippen LogP contribution in [0.1, 0.15) is 30.6 Å². The second kappa shape index (κ2) is 7.60. The molecule has 0 radical (unpaired) electrons. The molecule has 6 heteroatoms. The summed E-state index contributed by atoms with van der Waals surface area (Å²) in [5.41, 5.74) is 2.22. The maximum atomic E-state index is 12.2. The first-order valence-corrected chi connectivity index (χ1v) is 8.96. The summed E-state index contributed by atoms with van der Waals surface area (Å²) >= 11 is 12.3. The van der Waals surface area contributed by atoms with E-state index in [0.717, 1.165) is 25.1 Å². The van der Waals surface area contributed by atoms with Crippen LogP contribution in [0.3, 0.4) is 0 Å². The van der Waals surface area contributed by atoms with E-state index in [2.05, 4.69) is 27.0 Å². The van der Waals surface area contributed by atoms with E-state index in [1.54, 1.807) is 0 Å². The Hall–Kier alpha value is -1.49. The topological polar surface area (TPSA) is 37.3 Å². The molecule has 0 spiro atoms. The monoisotopic (exact) mass is 365 g/mol. The number of fused-ring (bicyclic) bond motifs is 1. The van der Waals surface area contributed by atoms with Gasteiger partial charge in [-0.3, -0.25) is 9.69 Å². The van der Waals surface area contributed by atoms with Gasteiger partial charge in [-0.15, -0.1) is 0 Å². The molecule has 0 saturated heterocycles. The van der Waals surface area contributed by atoms with Crippen molar-refractivity contribution >= 4 is 29.1 Å². The molecule has 1 aliphatic rings. The molecule has 24 heavy (non-hydrogen) atoms. The van der Waals surface area contributed by atoms with Crippen LogP contribution in [0.25, 0.3) is 0 Å². The first-order chi connectivity index (χ1) is 11.6. The highest BCUT2D eigenvalue weighted by Gasteiger charge is 2.30. The first-order valence-electron chi connectivity index (χ1n) is 8.21. The number of aromatic nitrogens is 1. The van der Waals surface area contributed by atoms with E-state index < -0.39 is 0 Å². The zero-order chi connectivity index (χ0) is 17.1. The molecule has 1 aromatic heterocycles. The standard InChI is InChI=1S/C18H21Cl2N3O/c1-2-7-21-17(24)12-23-10-9-22-8-3-4-16(22)18(23)13-5-6-14(19)15(20)11-13/h3-6,8,11,18H,2,7,9-10,12H2,1H3,(H,21,24). The highest BCUT2D eigenvalue weighted by Crippen LogP contribution is 2.35. The van der Waals surface area contributed by atoms with E-state index in [-0.39, 0.29) is 11.9 Å². The van der Waals surface area contributed by atoms with Crippen LogP contribution in [0.5, 0.6) is 0 Å². The Morgan fingerprint density at radius 2 is 2.08 bits per heavy atom. The maximum Gasteiger partial charge on any atom is 0.234 e. The van der Waals surface area contributed by atoms with Crippen LogP contribution < -0.4 is 5.32 Å². The molecule has 0 saturated carbocycles. The lowest BCUT2D eigenvalue weighted by Gasteiger charge is -2.37. The highest BCUT2D eigenvalue weighted by atomic mass is 35.5. The smallest absolute Gasteiger partial charge is 0.234 e. The minimum Gasteiger partial charge on any atom is -0.355 e. The summed E-state index contributed by atoms with van der Waals surface area (Å²) in [4.78, 5) is 14.4. The Morgan fingerprint density at radius 3 is 2.83 bits per heavy atom. The Bertz CT molecular complexity index is 729. The van der Waals surface area contributed by atoms with Gasteiger partial charge in [0.15, 0.2) is 0 Å². The average molecular weight is 366 g/mol. The van der Waals surface area contributed by atoms with Gasteiger partial charge in [0.1, 0.15) is 0 Å². The van der Waals surface area contributed by atoms with Crippen molar-refractivity contribution in [3.8, 4) is 0 Å². The SMILES string of the molecule is CCCNC(=O)CN1CCn2cccc2C1c1ccc(Cl)c(Cl)c1. The largest absolute Gasteiger partial charge is 0.355 e. The van der Waals surface area contributed by atoms with Gasteiger partial charge >= 0.3 is 0 Å². The fourth-order valence-corrected chi connectivity index (χ4v) is 3.48. The molecular weight excluding hydrogens is 345 g/mol. The zero-order valence-corrected chi connectivity index (χ0v) is 15.1. The fraction of sp³-hybridized carbons (Fsp3) is 0.389. The Labute approximate surface area is 152 Å². The third-order valence-electron chi connectivity index (χ3n) is 4.32. The maximum absolute atomic E-state index is 12.2. The van der Waals surface area contributed by atoms with Crippen molar-refractivity contribution in [2.24, 2.45) is 0 Å². The number of carbonyl (C=O) groups excluding carboxylic acids is 1. The summed E-state index contributed by atoms with van der Waals surface area (Å²) in [6.07, 6.45) is 3.01. The van der Waals surface area contributed by atoms with Crippen molar-refractivity contribution in [1.82, 2.24) is 14.8 Å². The van der Waals surface area contributed by atoms with Gasteiger partial charge in [0.25, 0.3) is 0 Å². The molecule has 128 valence electrons. The summed E-state index contributed by atoms with van der Waals surface area (Å²) in [6, 6.07) is 9.84. The quantitative estimate of drug-likeness (QED) is 0.876. The van der Waals surface area contributed by atoms with Crippen LogP contribution in [-0.4, -0.2) is 35.0 Å². The Kier molecular flexibility index (Phi) is 5.49. The number of nitrogens with one attached hydrogen (secondary N) is 1. The van der Waals surface area contributed by atoms with Crippen LogP contribution >= 0.6 is 23.2 Å². The molecule has 0 fully saturated rings.